The smallest absolute Gasteiger partial charge is 0.259 e. The van der Waals surface area contributed by atoms with Gasteiger partial charge in [0.2, 0.25) is 5.43 Å². The van der Waals surface area contributed by atoms with Crippen LogP contribution in [0, 0.1) is 0 Å². The van der Waals surface area contributed by atoms with Crippen LogP contribution in [0.2, 0.25) is 0 Å². The molecule has 0 bridgehead atoms. The summed E-state index contributed by atoms with van der Waals surface area (Å²) in [6.07, 6.45) is 2.94. The molecule has 1 amide bonds. The van der Waals surface area contributed by atoms with Gasteiger partial charge in [-0.05, 0) is 12.1 Å². The third kappa shape index (κ3) is 3.26. The van der Waals surface area contributed by atoms with Crippen molar-refractivity contribution in [1.29, 1.82) is 0 Å². The monoisotopic (exact) mass is 339 g/mol. The Balaban J connectivity index is 1.72. The fourth-order valence-corrected chi connectivity index (χ4v) is 2.70. The molecule has 2 aromatic heterocycles. The number of carbonyl (C=O) groups is 1. The van der Waals surface area contributed by atoms with E-state index in [1.807, 2.05) is 37.4 Å². The number of pyridine rings is 1. The average Bonchev–Trinajstić information content (AvgIpc) is 3.02. The zero-order chi connectivity index (χ0) is 18.0. The molecule has 1 N–H and O–H groups in total. The number of nitrogens with one attached hydrogen (secondary N) is 1. The molecule has 0 spiro atoms. The number of fused-ring (bicyclic) bond motifs is 1. The molecule has 0 fully saturated rings. The van der Waals surface area contributed by atoms with Crippen molar-refractivity contribution < 1.29 is 4.79 Å². The van der Waals surface area contributed by atoms with E-state index in [0.717, 1.165) is 5.69 Å². The highest BCUT2D eigenvalue weighted by molar-refractivity contribution is 5.96. The van der Waals surface area contributed by atoms with Crippen LogP contribution in [-0.2, 0) is 7.05 Å². The molecule has 1 aromatic carbocycles. The summed E-state index contributed by atoms with van der Waals surface area (Å²) in [4.78, 5) is 31.7. The minimum absolute atomic E-state index is 0.130. The van der Waals surface area contributed by atoms with Gasteiger partial charge in [0, 0.05) is 46.1 Å². The van der Waals surface area contributed by atoms with Crippen LogP contribution in [0.4, 0.5) is 5.69 Å². The van der Waals surface area contributed by atoms with E-state index in [9.17, 15) is 9.59 Å². The second-order valence-corrected chi connectivity index (χ2v) is 6.05. The SMILES string of the molecule is CN(CCN(C)c1ccccc1)C(=O)c1c[nH]c2c(cnn2C)c1=O. The summed E-state index contributed by atoms with van der Waals surface area (Å²) in [5, 5.41) is 4.47. The lowest BCUT2D eigenvalue weighted by molar-refractivity contribution is 0.0797. The van der Waals surface area contributed by atoms with Gasteiger partial charge in [-0.1, -0.05) is 18.2 Å². The second-order valence-electron chi connectivity index (χ2n) is 6.05. The van der Waals surface area contributed by atoms with E-state index in [2.05, 4.69) is 15.0 Å². The van der Waals surface area contributed by atoms with Crippen molar-refractivity contribution in [3.63, 3.8) is 0 Å². The van der Waals surface area contributed by atoms with Crippen LogP contribution in [-0.4, -0.2) is 52.8 Å². The van der Waals surface area contributed by atoms with E-state index in [4.69, 9.17) is 0 Å². The number of aryl methyl sites for hydroxylation is 1. The van der Waals surface area contributed by atoms with Crippen LogP contribution < -0.4 is 10.3 Å². The molecule has 0 radical (unpaired) electrons. The molecule has 25 heavy (non-hydrogen) atoms. The molecule has 0 saturated heterocycles. The number of H-pyrrole nitrogens is 1. The Labute approximate surface area is 145 Å². The minimum Gasteiger partial charge on any atom is -0.373 e. The maximum atomic E-state index is 12.6. The summed E-state index contributed by atoms with van der Waals surface area (Å²) >= 11 is 0. The number of hydrogen-bond acceptors (Lipinski definition) is 4. The van der Waals surface area contributed by atoms with Crippen LogP contribution in [0.15, 0.2) is 47.5 Å². The Morgan fingerprint density at radius 1 is 1.20 bits per heavy atom. The zero-order valence-corrected chi connectivity index (χ0v) is 14.6. The van der Waals surface area contributed by atoms with Crippen LogP contribution in [0.5, 0.6) is 0 Å². The van der Waals surface area contributed by atoms with E-state index in [0.29, 0.717) is 24.1 Å². The lowest BCUT2D eigenvalue weighted by Crippen LogP contribution is -2.36. The summed E-state index contributed by atoms with van der Waals surface area (Å²) in [5.41, 5.74) is 1.52. The molecule has 0 aliphatic rings. The van der Waals surface area contributed by atoms with Gasteiger partial charge in [0.15, 0.2) is 0 Å². The van der Waals surface area contributed by atoms with Crippen molar-refractivity contribution in [2.45, 2.75) is 0 Å². The van der Waals surface area contributed by atoms with Crippen LogP contribution in [0.3, 0.4) is 0 Å². The van der Waals surface area contributed by atoms with Crippen molar-refractivity contribution in [2.75, 3.05) is 32.1 Å². The maximum absolute atomic E-state index is 12.6. The van der Waals surface area contributed by atoms with Gasteiger partial charge >= 0.3 is 0 Å². The number of anilines is 1. The van der Waals surface area contributed by atoms with E-state index in [-0.39, 0.29) is 16.9 Å². The number of benzene rings is 1. The quantitative estimate of drug-likeness (QED) is 0.764. The van der Waals surface area contributed by atoms with Gasteiger partial charge in [0.05, 0.1) is 11.6 Å². The largest absolute Gasteiger partial charge is 0.373 e. The number of aromatic amines is 1. The lowest BCUT2D eigenvalue weighted by atomic mass is 10.2. The molecule has 0 atom stereocenters. The number of para-hydroxylation sites is 1. The van der Waals surface area contributed by atoms with Crippen molar-refractivity contribution >= 4 is 22.6 Å². The highest BCUT2D eigenvalue weighted by Gasteiger charge is 2.18. The highest BCUT2D eigenvalue weighted by Crippen LogP contribution is 2.11. The summed E-state index contributed by atoms with van der Waals surface area (Å²) in [6.45, 7) is 1.17. The number of rotatable bonds is 5. The molecule has 3 aromatic rings. The van der Waals surface area contributed by atoms with Gasteiger partial charge < -0.3 is 14.8 Å². The third-order valence-electron chi connectivity index (χ3n) is 4.33. The first kappa shape index (κ1) is 16.8. The molecule has 7 heteroatoms. The standard InChI is InChI=1S/C18H21N5O2/c1-21(13-7-5-4-6-8-13)9-10-22(2)18(25)15-11-19-17-14(16(15)24)12-20-23(17)3/h4-8,11-12H,9-10H2,1-3H3,(H,19,24). The summed E-state index contributed by atoms with van der Waals surface area (Å²) < 4.78 is 1.57. The predicted molar refractivity (Wildman–Crippen MR) is 98.0 cm³/mol. The molecule has 0 unspecified atom stereocenters. The van der Waals surface area contributed by atoms with E-state index in [1.165, 1.54) is 12.4 Å². The minimum atomic E-state index is -0.298. The molecule has 0 aliphatic heterocycles. The van der Waals surface area contributed by atoms with Crippen LogP contribution in [0.25, 0.3) is 11.0 Å². The Kier molecular flexibility index (Phi) is 4.56. The van der Waals surface area contributed by atoms with E-state index in [1.54, 1.807) is 23.7 Å². The molecule has 7 nitrogen and oxygen atoms in total. The molecule has 3 rings (SSSR count). The first-order valence-electron chi connectivity index (χ1n) is 8.04. The fraction of sp³-hybridized carbons (Fsp3) is 0.278. The van der Waals surface area contributed by atoms with Gasteiger partial charge in [-0.25, -0.2) is 0 Å². The predicted octanol–water partition coefficient (Wildman–Crippen LogP) is 1.47. The van der Waals surface area contributed by atoms with E-state index < -0.39 is 0 Å². The molecule has 0 saturated carbocycles. The first-order valence-corrected chi connectivity index (χ1v) is 8.04. The third-order valence-corrected chi connectivity index (χ3v) is 4.33. The second kappa shape index (κ2) is 6.80. The van der Waals surface area contributed by atoms with Gasteiger partial charge in [-0.3, -0.25) is 14.3 Å². The van der Waals surface area contributed by atoms with Crippen molar-refractivity contribution in [1.82, 2.24) is 19.7 Å². The Morgan fingerprint density at radius 3 is 2.64 bits per heavy atom. The molecular weight excluding hydrogens is 318 g/mol. The first-order chi connectivity index (χ1) is 12.0. The number of likely N-dealkylation sites (N-methyl/N-ethyl adjacent to an activating group) is 2. The zero-order valence-electron chi connectivity index (χ0n) is 14.6. The van der Waals surface area contributed by atoms with Crippen molar-refractivity contribution in [3.05, 3.63) is 58.5 Å². The number of carbonyl (C=O) groups excluding carboxylic acids is 1. The Morgan fingerprint density at radius 2 is 1.92 bits per heavy atom. The molecular formula is C18H21N5O2. The average molecular weight is 339 g/mol. The number of amides is 1. The fourth-order valence-electron chi connectivity index (χ4n) is 2.70. The number of hydrogen-bond donors (Lipinski definition) is 1. The van der Waals surface area contributed by atoms with Gasteiger partial charge in [-0.15, -0.1) is 0 Å². The molecule has 2 heterocycles. The van der Waals surface area contributed by atoms with Crippen LogP contribution in [0.1, 0.15) is 10.4 Å². The van der Waals surface area contributed by atoms with Crippen molar-refractivity contribution in [3.8, 4) is 0 Å². The Bertz CT molecular complexity index is 945. The summed E-state index contributed by atoms with van der Waals surface area (Å²) in [6, 6.07) is 9.95. The topological polar surface area (TPSA) is 74.2 Å². The Hall–Kier alpha value is -3.09. The van der Waals surface area contributed by atoms with Gasteiger partial charge in [0.1, 0.15) is 11.2 Å². The van der Waals surface area contributed by atoms with Crippen molar-refractivity contribution in [2.24, 2.45) is 7.05 Å². The molecule has 130 valence electrons. The summed E-state index contributed by atoms with van der Waals surface area (Å²) in [7, 11) is 5.42. The van der Waals surface area contributed by atoms with Gasteiger partial charge in [0.25, 0.3) is 5.91 Å². The van der Waals surface area contributed by atoms with E-state index >= 15 is 0 Å². The van der Waals surface area contributed by atoms with Gasteiger partial charge in [-0.2, -0.15) is 5.10 Å². The number of nitrogens with zero attached hydrogens (tertiary/aromatic N) is 4. The number of aromatic nitrogens is 3. The molecule has 0 aliphatic carbocycles. The highest BCUT2D eigenvalue weighted by atomic mass is 16.2. The normalized spacial score (nSPS) is 10.8. The lowest BCUT2D eigenvalue weighted by Gasteiger charge is -2.23. The maximum Gasteiger partial charge on any atom is 0.259 e. The summed E-state index contributed by atoms with van der Waals surface area (Å²) in [5.74, 6) is -0.298. The van der Waals surface area contributed by atoms with Crippen LogP contribution >= 0.6 is 0 Å².